The molecule has 0 aliphatic rings. The van der Waals surface area contributed by atoms with Crippen molar-refractivity contribution in [3.05, 3.63) is 72.6 Å². The molecule has 0 saturated heterocycles. The van der Waals surface area contributed by atoms with Crippen molar-refractivity contribution in [3.8, 4) is 11.5 Å². The van der Waals surface area contributed by atoms with E-state index in [0.717, 1.165) is 22.9 Å². The highest BCUT2D eigenvalue weighted by Crippen LogP contribution is 2.20. The molecule has 0 saturated carbocycles. The fraction of sp³-hybridized carbons (Fsp3) is 0.182. The first kappa shape index (κ1) is 19.2. The zero-order valence-corrected chi connectivity index (χ0v) is 16.1. The summed E-state index contributed by atoms with van der Waals surface area (Å²) in [5.41, 5.74) is 2.71. The fourth-order valence-corrected chi connectivity index (χ4v) is 2.53. The number of benzene rings is 2. The third kappa shape index (κ3) is 5.23. The summed E-state index contributed by atoms with van der Waals surface area (Å²) < 4.78 is 10.7. The van der Waals surface area contributed by atoms with Gasteiger partial charge in [-0.15, -0.1) is 0 Å². The Balaban J connectivity index is 1.59. The summed E-state index contributed by atoms with van der Waals surface area (Å²) in [6.07, 6.45) is 1.73. The number of nitrogens with zero attached hydrogens (tertiary/aromatic N) is 1. The van der Waals surface area contributed by atoms with Crippen LogP contribution in [0.5, 0.6) is 11.5 Å². The lowest BCUT2D eigenvalue weighted by molar-refractivity contribution is 0.102. The number of hydrogen-bond acceptors (Lipinski definition) is 5. The van der Waals surface area contributed by atoms with Crippen LogP contribution in [0, 0.1) is 0 Å². The molecule has 28 heavy (non-hydrogen) atoms. The second kappa shape index (κ2) is 8.90. The summed E-state index contributed by atoms with van der Waals surface area (Å²) in [4.78, 5) is 16.6. The van der Waals surface area contributed by atoms with Crippen molar-refractivity contribution in [2.75, 3.05) is 17.7 Å². The molecule has 3 rings (SSSR count). The van der Waals surface area contributed by atoms with E-state index >= 15 is 0 Å². The third-order valence-electron chi connectivity index (χ3n) is 3.86. The van der Waals surface area contributed by atoms with Crippen molar-refractivity contribution < 1.29 is 14.3 Å². The van der Waals surface area contributed by atoms with Crippen molar-refractivity contribution in [1.29, 1.82) is 0 Å². The third-order valence-corrected chi connectivity index (χ3v) is 3.86. The van der Waals surface area contributed by atoms with Gasteiger partial charge in [0.1, 0.15) is 17.2 Å². The van der Waals surface area contributed by atoms with E-state index < -0.39 is 0 Å². The Labute approximate surface area is 164 Å². The smallest absolute Gasteiger partial charge is 0.274 e. The molecule has 3 aromatic rings. The topological polar surface area (TPSA) is 72.5 Å². The number of carbonyl (C=O) groups excluding carboxylic acids is 1. The molecular weight excluding hydrogens is 354 g/mol. The van der Waals surface area contributed by atoms with Crippen LogP contribution < -0.4 is 20.1 Å². The van der Waals surface area contributed by atoms with Gasteiger partial charge in [0.2, 0.25) is 0 Å². The van der Waals surface area contributed by atoms with Crippen LogP contribution in [0.3, 0.4) is 0 Å². The van der Waals surface area contributed by atoms with E-state index in [2.05, 4.69) is 15.6 Å². The van der Waals surface area contributed by atoms with Gasteiger partial charge in [-0.3, -0.25) is 4.79 Å². The molecule has 0 bridgehead atoms. The van der Waals surface area contributed by atoms with Gasteiger partial charge in [-0.1, -0.05) is 0 Å². The number of anilines is 3. The van der Waals surface area contributed by atoms with E-state index in [9.17, 15) is 4.79 Å². The Hall–Kier alpha value is -3.54. The molecule has 2 aromatic carbocycles. The van der Waals surface area contributed by atoms with Crippen LogP contribution in [-0.2, 0) is 0 Å². The van der Waals surface area contributed by atoms with Gasteiger partial charge in [0, 0.05) is 11.4 Å². The number of carbonyl (C=O) groups is 1. The molecule has 6 nitrogen and oxygen atoms in total. The number of aromatic nitrogens is 1. The molecule has 0 radical (unpaired) electrons. The molecule has 2 N–H and O–H groups in total. The van der Waals surface area contributed by atoms with Crippen LogP contribution in [0.4, 0.5) is 17.1 Å². The van der Waals surface area contributed by atoms with Gasteiger partial charge in [-0.05, 0) is 74.5 Å². The van der Waals surface area contributed by atoms with Gasteiger partial charge in [-0.25, -0.2) is 4.98 Å². The van der Waals surface area contributed by atoms with Crippen molar-refractivity contribution in [1.82, 2.24) is 4.98 Å². The highest BCUT2D eigenvalue weighted by atomic mass is 16.5. The first-order chi connectivity index (χ1) is 13.5. The van der Waals surface area contributed by atoms with Crippen LogP contribution >= 0.6 is 0 Å². The predicted octanol–water partition coefficient (Wildman–Crippen LogP) is 4.87. The molecule has 1 heterocycles. The van der Waals surface area contributed by atoms with Crippen LogP contribution in [-0.4, -0.2) is 24.1 Å². The molecule has 0 atom stereocenters. The SMILES string of the molecule is COc1ccc(Nc2ccc(C(=O)Nc3ccc(OC(C)C)cc3)nc2)cc1. The molecule has 1 aromatic heterocycles. The lowest BCUT2D eigenvalue weighted by Crippen LogP contribution is -2.13. The van der Waals surface area contributed by atoms with Crippen LogP contribution in [0.2, 0.25) is 0 Å². The van der Waals surface area contributed by atoms with Gasteiger partial charge in [0.05, 0.1) is 25.1 Å². The van der Waals surface area contributed by atoms with Crippen LogP contribution in [0.25, 0.3) is 0 Å². The molecule has 6 heteroatoms. The number of ether oxygens (including phenoxy) is 2. The average molecular weight is 377 g/mol. The number of rotatable bonds is 7. The van der Waals surface area contributed by atoms with Crippen LogP contribution in [0.1, 0.15) is 24.3 Å². The van der Waals surface area contributed by atoms with Gasteiger partial charge in [0.25, 0.3) is 5.91 Å². The lowest BCUT2D eigenvalue weighted by atomic mass is 10.2. The monoisotopic (exact) mass is 377 g/mol. The molecule has 0 unspecified atom stereocenters. The maximum Gasteiger partial charge on any atom is 0.274 e. The number of pyridine rings is 1. The van der Waals surface area contributed by atoms with E-state index in [0.29, 0.717) is 11.4 Å². The summed E-state index contributed by atoms with van der Waals surface area (Å²) in [5.74, 6) is 1.29. The highest BCUT2D eigenvalue weighted by Gasteiger charge is 2.08. The summed E-state index contributed by atoms with van der Waals surface area (Å²) in [7, 11) is 1.63. The number of hydrogen-bond donors (Lipinski definition) is 2. The van der Waals surface area contributed by atoms with Gasteiger partial charge in [0.15, 0.2) is 0 Å². The Morgan fingerprint density at radius 3 is 2.04 bits per heavy atom. The van der Waals surface area contributed by atoms with E-state index in [1.165, 1.54) is 0 Å². The predicted molar refractivity (Wildman–Crippen MR) is 111 cm³/mol. The summed E-state index contributed by atoms with van der Waals surface area (Å²) >= 11 is 0. The van der Waals surface area contributed by atoms with Gasteiger partial charge < -0.3 is 20.1 Å². The van der Waals surface area contributed by atoms with Crippen molar-refractivity contribution >= 4 is 23.0 Å². The zero-order chi connectivity index (χ0) is 19.9. The standard InChI is InChI=1S/C22H23N3O3/c1-15(2)28-20-11-6-17(7-12-20)25-22(26)21-13-8-18(14-23-21)24-16-4-9-19(27-3)10-5-16/h4-15,24H,1-3H3,(H,25,26). The summed E-state index contributed by atoms with van der Waals surface area (Å²) in [6.45, 7) is 3.93. The quantitative estimate of drug-likeness (QED) is 0.614. The van der Waals surface area contributed by atoms with Gasteiger partial charge >= 0.3 is 0 Å². The van der Waals surface area contributed by atoms with E-state index in [4.69, 9.17) is 9.47 Å². The first-order valence-electron chi connectivity index (χ1n) is 8.98. The van der Waals surface area contributed by atoms with Crippen LogP contribution in [0.15, 0.2) is 66.9 Å². The highest BCUT2D eigenvalue weighted by molar-refractivity contribution is 6.03. The van der Waals surface area contributed by atoms with Crippen molar-refractivity contribution in [3.63, 3.8) is 0 Å². The second-order valence-corrected chi connectivity index (χ2v) is 6.43. The van der Waals surface area contributed by atoms with E-state index in [1.807, 2.05) is 56.3 Å². The molecular formula is C22H23N3O3. The fourth-order valence-electron chi connectivity index (χ4n) is 2.53. The summed E-state index contributed by atoms with van der Waals surface area (Å²) in [5, 5.41) is 6.06. The second-order valence-electron chi connectivity index (χ2n) is 6.43. The molecule has 0 fully saturated rings. The van der Waals surface area contributed by atoms with Crippen molar-refractivity contribution in [2.45, 2.75) is 20.0 Å². The summed E-state index contributed by atoms with van der Waals surface area (Å²) in [6, 6.07) is 18.3. The number of methoxy groups -OCH3 is 1. The van der Waals surface area contributed by atoms with E-state index in [-0.39, 0.29) is 12.0 Å². The number of nitrogens with one attached hydrogen (secondary N) is 2. The molecule has 144 valence electrons. The Bertz CT molecular complexity index is 905. The maximum absolute atomic E-state index is 12.4. The average Bonchev–Trinajstić information content (AvgIpc) is 2.70. The molecule has 0 aliphatic carbocycles. The molecule has 0 spiro atoms. The Morgan fingerprint density at radius 2 is 1.46 bits per heavy atom. The first-order valence-corrected chi connectivity index (χ1v) is 8.98. The largest absolute Gasteiger partial charge is 0.497 e. The molecule has 1 amide bonds. The number of amides is 1. The molecule has 0 aliphatic heterocycles. The minimum Gasteiger partial charge on any atom is -0.497 e. The van der Waals surface area contributed by atoms with Gasteiger partial charge in [-0.2, -0.15) is 0 Å². The minimum atomic E-state index is -0.270. The lowest BCUT2D eigenvalue weighted by Gasteiger charge is -2.11. The van der Waals surface area contributed by atoms with Crippen molar-refractivity contribution in [2.24, 2.45) is 0 Å². The maximum atomic E-state index is 12.4. The normalized spacial score (nSPS) is 10.4. The van der Waals surface area contributed by atoms with E-state index in [1.54, 1.807) is 31.5 Å². The Kier molecular flexibility index (Phi) is 6.11. The Morgan fingerprint density at radius 1 is 0.857 bits per heavy atom. The zero-order valence-electron chi connectivity index (χ0n) is 16.1. The minimum absolute atomic E-state index is 0.106.